The fourth-order valence-corrected chi connectivity index (χ4v) is 2.04. The molecule has 1 aliphatic rings. The number of hydrogen-bond donors (Lipinski definition) is 1. The molecule has 0 bridgehead atoms. The lowest BCUT2D eigenvalue weighted by atomic mass is 10.0. The van der Waals surface area contributed by atoms with Crippen molar-refractivity contribution in [3.63, 3.8) is 0 Å². The normalized spacial score (nSPS) is 16.9. The molecule has 1 atom stereocenters. The van der Waals surface area contributed by atoms with Gasteiger partial charge in [0.05, 0.1) is 11.8 Å². The van der Waals surface area contributed by atoms with Crippen LogP contribution in [0.25, 0.3) is 0 Å². The minimum atomic E-state index is 0.175. The van der Waals surface area contributed by atoms with Gasteiger partial charge < -0.3 is 10.1 Å². The molecule has 1 aliphatic heterocycles. The van der Waals surface area contributed by atoms with Gasteiger partial charge in [0.25, 0.3) is 0 Å². The van der Waals surface area contributed by atoms with Gasteiger partial charge in [-0.05, 0) is 32.4 Å². The smallest absolute Gasteiger partial charge is 0.131 e. The Morgan fingerprint density at radius 1 is 1.44 bits per heavy atom. The topological polar surface area (TPSA) is 47.0 Å². The van der Waals surface area contributed by atoms with E-state index in [1.54, 1.807) is 7.11 Å². The summed E-state index contributed by atoms with van der Waals surface area (Å²) in [7, 11) is 1.72. The first-order chi connectivity index (χ1) is 7.70. The van der Waals surface area contributed by atoms with Crippen LogP contribution in [0.4, 0.5) is 0 Å². The predicted octanol–water partition coefficient (Wildman–Crippen LogP) is 1.01. The molecule has 88 valence electrons. The van der Waals surface area contributed by atoms with Gasteiger partial charge in [-0.3, -0.25) is 0 Å². The molecule has 0 saturated carbocycles. The summed E-state index contributed by atoms with van der Waals surface area (Å²) in [5, 5.41) is 3.34. The summed E-state index contributed by atoms with van der Waals surface area (Å²) in [6, 6.07) is 0. The molecule has 0 aliphatic carbocycles. The van der Waals surface area contributed by atoms with Crippen LogP contribution in [0.2, 0.25) is 0 Å². The minimum absolute atomic E-state index is 0.175. The minimum Gasteiger partial charge on any atom is -0.381 e. The second-order valence-electron chi connectivity index (χ2n) is 4.33. The van der Waals surface area contributed by atoms with Crippen LogP contribution in [0.1, 0.15) is 29.7 Å². The summed E-state index contributed by atoms with van der Waals surface area (Å²) in [4.78, 5) is 9.16. The van der Waals surface area contributed by atoms with Gasteiger partial charge in [-0.2, -0.15) is 0 Å². The zero-order valence-corrected chi connectivity index (χ0v) is 10.2. The van der Waals surface area contributed by atoms with Gasteiger partial charge in [-0.1, -0.05) is 0 Å². The van der Waals surface area contributed by atoms with Crippen LogP contribution in [-0.4, -0.2) is 29.7 Å². The predicted molar refractivity (Wildman–Crippen MR) is 62.4 cm³/mol. The second-order valence-corrected chi connectivity index (χ2v) is 4.33. The lowest BCUT2D eigenvalue weighted by molar-refractivity contribution is 0.117. The Hall–Kier alpha value is -1.00. The number of fused-ring (bicyclic) bond motifs is 1. The van der Waals surface area contributed by atoms with Crippen molar-refractivity contribution in [2.75, 3.05) is 13.7 Å². The van der Waals surface area contributed by atoms with E-state index in [9.17, 15) is 0 Å². The first-order valence-corrected chi connectivity index (χ1v) is 5.79. The SMILES string of the molecule is COC(C)Cc1nc(C)c2c(n1)CNCC2. The molecule has 0 radical (unpaired) electrons. The van der Waals surface area contributed by atoms with Crippen molar-refractivity contribution in [1.29, 1.82) is 0 Å². The summed E-state index contributed by atoms with van der Waals surface area (Å²) in [5.74, 6) is 0.898. The highest BCUT2D eigenvalue weighted by Gasteiger charge is 2.15. The number of aryl methyl sites for hydroxylation is 1. The van der Waals surface area contributed by atoms with Crippen molar-refractivity contribution in [3.8, 4) is 0 Å². The third-order valence-electron chi connectivity index (χ3n) is 3.06. The van der Waals surface area contributed by atoms with Crippen molar-refractivity contribution in [1.82, 2.24) is 15.3 Å². The number of hydrogen-bond acceptors (Lipinski definition) is 4. The highest BCUT2D eigenvalue weighted by molar-refractivity contribution is 5.27. The van der Waals surface area contributed by atoms with Gasteiger partial charge in [0, 0.05) is 25.8 Å². The Balaban J connectivity index is 2.24. The van der Waals surface area contributed by atoms with Crippen LogP contribution in [0.3, 0.4) is 0 Å². The van der Waals surface area contributed by atoms with E-state index in [1.165, 1.54) is 5.56 Å². The van der Waals surface area contributed by atoms with E-state index in [4.69, 9.17) is 4.74 Å². The average Bonchev–Trinajstić information content (AvgIpc) is 2.29. The number of ether oxygens (including phenoxy) is 1. The Morgan fingerprint density at radius 3 is 3.00 bits per heavy atom. The number of nitrogens with zero attached hydrogens (tertiary/aromatic N) is 2. The largest absolute Gasteiger partial charge is 0.381 e. The van der Waals surface area contributed by atoms with Gasteiger partial charge >= 0.3 is 0 Å². The monoisotopic (exact) mass is 221 g/mol. The maximum absolute atomic E-state index is 5.24. The van der Waals surface area contributed by atoms with Crippen molar-refractivity contribution < 1.29 is 4.74 Å². The number of nitrogens with one attached hydrogen (secondary N) is 1. The summed E-state index contributed by atoms with van der Waals surface area (Å²) >= 11 is 0. The average molecular weight is 221 g/mol. The van der Waals surface area contributed by atoms with Crippen LogP contribution in [0.5, 0.6) is 0 Å². The quantitative estimate of drug-likeness (QED) is 0.827. The van der Waals surface area contributed by atoms with E-state index >= 15 is 0 Å². The van der Waals surface area contributed by atoms with Crippen molar-refractivity contribution in [2.24, 2.45) is 0 Å². The standard InChI is InChI=1S/C12H19N3O/c1-8(16-3)6-12-14-9(2)10-4-5-13-7-11(10)15-12/h8,13H,4-7H2,1-3H3. The number of methoxy groups -OCH3 is 1. The molecule has 0 saturated heterocycles. The molecule has 0 aromatic carbocycles. The van der Waals surface area contributed by atoms with Gasteiger partial charge in [0.1, 0.15) is 5.82 Å². The van der Waals surface area contributed by atoms with Crippen LogP contribution in [0, 0.1) is 6.92 Å². The van der Waals surface area contributed by atoms with E-state index < -0.39 is 0 Å². The lowest BCUT2D eigenvalue weighted by Crippen LogP contribution is -2.27. The van der Waals surface area contributed by atoms with Crippen LogP contribution < -0.4 is 5.32 Å². The molecule has 1 N–H and O–H groups in total. The highest BCUT2D eigenvalue weighted by atomic mass is 16.5. The number of aromatic nitrogens is 2. The Labute approximate surface area is 96.4 Å². The molecular weight excluding hydrogens is 202 g/mol. The molecule has 1 aromatic heterocycles. The summed E-state index contributed by atoms with van der Waals surface area (Å²) < 4.78 is 5.24. The fourth-order valence-electron chi connectivity index (χ4n) is 2.04. The summed E-state index contributed by atoms with van der Waals surface area (Å²) in [5.41, 5.74) is 3.62. The molecule has 4 heteroatoms. The first-order valence-electron chi connectivity index (χ1n) is 5.79. The molecule has 2 rings (SSSR count). The van der Waals surface area contributed by atoms with Gasteiger partial charge in [0.15, 0.2) is 0 Å². The maximum Gasteiger partial charge on any atom is 0.131 e. The van der Waals surface area contributed by atoms with Crippen molar-refractivity contribution >= 4 is 0 Å². The van der Waals surface area contributed by atoms with E-state index in [-0.39, 0.29) is 6.10 Å². The molecule has 1 unspecified atom stereocenters. The summed E-state index contributed by atoms with van der Waals surface area (Å²) in [6.07, 6.45) is 2.00. The third kappa shape index (κ3) is 2.39. The molecule has 16 heavy (non-hydrogen) atoms. The van der Waals surface area contributed by atoms with E-state index in [0.717, 1.165) is 43.1 Å². The van der Waals surface area contributed by atoms with E-state index in [2.05, 4.69) is 22.2 Å². The Bertz CT molecular complexity index is 379. The molecule has 0 fully saturated rings. The van der Waals surface area contributed by atoms with Gasteiger partial charge in [-0.25, -0.2) is 9.97 Å². The Morgan fingerprint density at radius 2 is 2.25 bits per heavy atom. The molecule has 4 nitrogen and oxygen atoms in total. The van der Waals surface area contributed by atoms with E-state index in [1.807, 2.05) is 6.92 Å². The first kappa shape index (κ1) is 11.5. The highest BCUT2D eigenvalue weighted by Crippen LogP contribution is 2.15. The van der Waals surface area contributed by atoms with E-state index in [0.29, 0.717) is 0 Å². The summed E-state index contributed by atoms with van der Waals surface area (Å²) in [6.45, 7) is 6.02. The van der Waals surface area contributed by atoms with Crippen molar-refractivity contribution in [3.05, 3.63) is 22.8 Å². The zero-order valence-electron chi connectivity index (χ0n) is 10.2. The molecule has 2 heterocycles. The molecule has 1 aromatic rings. The Kier molecular flexibility index (Phi) is 3.51. The maximum atomic E-state index is 5.24. The van der Waals surface area contributed by atoms with Crippen LogP contribution >= 0.6 is 0 Å². The molecule has 0 amide bonds. The van der Waals surface area contributed by atoms with Crippen LogP contribution in [0.15, 0.2) is 0 Å². The third-order valence-corrected chi connectivity index (χ3v) is 3.06. The second kappa shape index (κ2) is 4.89. The van der Waals surface area contributed by atoms with Gasteiger partial charge in [-0.15, -0.1) is 0 Å². The van der Waals surface area contributed by atoms with Crippen LogP contribution in [-0.2, 0) is 24.1 Å². The van der Waals surface area contributed by atoms with Crippen molar-refractivity contribution in [2.45, 2.75) is 39.3 Å². The molecular formula is C12H19N3O. The van der Waals surface area contributed by atoms with Gasteiger partial charge in [0.2, 0.25) is 0 Å². The number of rotatable bonds is 3. The fraction of sp³-hybridized carbons (Fsp3) is 0.667. The lowest BCUT2D eigenvalue weighted by Gasteiger charge is -2.19. The molecule has 0 spiro atoms. The zero-order chi connectivity index (χ0) is 11.5.